The van der Waals surface area contributed by atoms with Crippen molar-refractivity contribution in [3.63, 3.8) is 0 Å². The number of methoxy groups -OCH3 is 2. The lowest BCUT2D eigenvalue weighted by Crippen LogP contribution is -2.27. The van der Waals surface area contributed by atoms with Crippen LogP contribution < -0.4 is 20.1 Å². The van der Waals surface area contributed by atoms with Gasteiger partial charge in [-0.05, 0) is 48.4 Å². The monoisotopic (exact) mass is 410 g/mol. The highest BCUT2D eigenvalue weighted by Crippen LogP contribution is 2.31. The minimum Gasteiger partial charge on any atom is -0.495 e. The Balaban J connectivity index is 1.91. The predicted molar refractivity (Wildman–Crippen MR) is 117 cm³/mol. The molecule has 3 aromatic carbocycles. The van der Waals surface area contributed by atoms with E-state index in [2.05, 4.69) is 10.6 Å². The van der Waals surface area contributed by atoms with Crippen LogP contribution >= 0.6 is 11.6 Å². The van der Waals surface area contributed by atoms with E-state index in [1.165, 1.54) is 0 Å². The van der Waals surface area contributed by atoms with Crippen LogP contribution in [0.3, 0.4) is 0 Å². The molecule has 1 amide bonds. The molecule has 5 nitrogen and oxygen atoms in total. The highest BCUT2D eigenvalue weighted by atomic mass is 35.5. The fourth-order valence-electron chi connectivity index (χ4n) is 2.99. The van der Waals surface area contributed by atoms with Crippen molar-refractivity contribution in [2.24, 2.45) is 0 Å². The molecular weight excluding hydrogens is 388 g/mol. The Hall–Kier alpha value is -3.18. The van der Waals surface area contributed by atoms with Crippen LogP contribution in [0.4, 0.5) is 11.4 Å². The van der Waals surface area contributed by atoms with Gasteiger partial charge in [-0.2, -0.15) is 0 Å². The number of halogens is 1. The maximum absolute atomic E-state index is 13.2. The third-order valence-electron chi connectivity index (χ3n) is 4.47. The number of anilines is 2. The summed E-state index contributed by atoms with van der Waals surface area (Å²) >= 11 is 6.24. The molecule has 0 heterocycles. The molecule has 1 atom stereocenters. The number of hydrogen-bond donors (Lipinski definition) is 2. The largest absolute Gasteiger partial charge is 0.495 e. The topological polar surface area (TPSA) is 59.6 Å². The van der Waals surface area contributed by atoms with Gasteiger partial charge in [-0.15, -0.1) is 0 Å². The van der Waals surface area contributed by atoms with Crippen molar-refractivity contribution in [3.05, 3.63) is 82.9 Å². The van der Waals surface area contributed by atoms with Gasteiger partial charge in [0, 0.05) is 5.69 Å². The van der Waals surface area contributed by atoms with Crippen molar-refractivity contribution in [2.75, 3.05) is 24.9 Å². The normalized spacial score (nSPS) is 11.4. The molecule has 0 fully saturated rings. The summed E-state index contributed by atoms with van der Waals surface area (Å²) in [6.45, 7) is 1.96. The Kier molecular flexibility index (Phi) is 6.62. The Morgan fingerprint density at radius 2 is 1.62 bits per heavy atom. The highest BCUT2D eigenvalue weighted by Gasteiger charge is 2.22. The first kappa shape index (κ1) is 20.6. The van der Waals surface area contributed by atoms with E-state index < -0.39 is 6.04 Å². The van der Waals surface area contributed by atoms with E-state index in [9.17, 15) is 4.79 Å². The maximum Gasteiger partial charge on any atom is 0.251 e. The van der Waals surface area contributed by atoms with Crippen LogP contribution in [0, 0.1) is 6.92 Å². The molecule has 29 heavy (non-hydrogen) atoms. The Morgan fingerprint density at radius 3 is 2.28 bits per heavy atom. The molecule has 0 saturated heterocycles. The molecule has 6 heteroatoms. The van der Waals surface area contributed by atoms with Crippen molar-refractivity contribution in [1.29, 1.82) is 0 Å². The van der Waals surface area contributed by atoms with Crippen LogP contribution in [0.25, 0.3) is 0 Å². The first-order chi connectivity index (χ1) is 14.0. The summed E-state index contributed by atoms with van der Waals surface area (Å²) in [5, 5.41) is 6.70. The van der Waals surface area contributed by atoms with Crippen LogP contribution in [0.1, 0.15) is 17.2 Å². The van der Waals surface area contributed by atoms with Gasteiger partial charge in [0.15, 0.2) is 0 Å². The predicted octanol–water partition coefficient (Wildman–Crippen LogP) is 5.46. The minimum absolute atomic E-state index is 0.216. The van der Waals surface area contributed by atoms with E-state index in [0.717, 1.165) is 11.1 Å². The summed E-state index contributed by atoms with van der Waals surface area (Å²) in [5.74, 6) is 0.956. The zero-order valence-corrected chi connectivity index (χ0v) is 17.3. The highest BCUT2D eigenvalue weighted by molar-refractivity contribution is 6.32. The quantitative estimate of drug-likeness (QED) is 0.543. The molecule has 0 aromatic heterocycles. The summed E-state index contributed by atoms with van der Waals surface area (Å²) in [5.41, 5.74) is 3.17. The Morgan fingerprint density at radius 1 is 0.931 bits per heavy atom. The van der Waals surface area contributed by atoms with Crippen LogP contribution in [0.2, 0.25) is 5.02 Å². The molecule has 0 aliphatic carbocycles. The van der Waals surface area contributed by atoms with Crippen LogP contribution in [0.5, 0.6) is 11.5 Å². The minimum atomic E-state index is -0.633. The average Bonchev–Trinajstić information content (AvgIpc) is 2.73. The van der Waals surface area contributed by atoms with Gasteiger partial charge in [0.25, 0.3) is 5.91 Å². The molecule has 3 rings (SSSR count). The average molecular weight is 411 g/mol. The standard InChI is InChI=1S/C23H23ClN2O3/c1-15-9-11-21(29-3)19(13-15)26-23(27)22(16-7-5-4-6-8-16)25-17-10-12-20(28-2)18(24)14-17/h4-14,22,25H,1-3H3,(H,26,27). The first-order valence-corrected chi connectivity index (χ1v) is 9.50. The van der Waals surface area contributed by atoms with Gasteiger partial charge in [-0.1, -0.05) is 48.0 Å². The lowest BCUT2D eigenvalue weighted by atomic mass is 10.1. The molecule has 0 aliphatic heterocycles. The number of hydrogen-bond acceptors (Lipinski definition) is 4. The van der Waals surface area contributed by atoms with E-state index in [1.54, 1.807) is 26.4 Å². The number of aryl methyl sites for hydroxylation is 1. The SMILES string of the molecule is COc1ccc(NC(C(=O)Nc2cc(C)ccc2OC)c2ccccc2)cc1Cl. The smallest absolute Gasteiger partial charge is 0.251 e. The van der Waals surface area contributed by atoms with Crippen LogP contribution in [0.15, 0.2) is 66.7 Å². The maximum atomic E-state index is 13.2. The van der Waals surface area contributed by atoms with E-state index in [4.69, 9.17) is 21.1 Å². The second-order valence-corrected chi connectivity index (χ2v) is 6.94. The summed E-state index contributed by atoms with van der Waals surface area (Å²) < 4.78 is 10.6. The zero-order valence-electron chi connectivity index (χ0n) is 16.5. The molecular formula is C23H23ClN2O3. The van der Waals surface area contributed by atoms with Crippen molar-refractivity contribution in [2.45, 2.75) is 13.0 Å². The van der Waals surface area contributed by atoms with E-state index in [-0.39, 0.29) is 5.91 Å². The van der Waals surface area contributed by atoms with Gasteiger partial charge in [0.05, 0.1) is 24.9 Å². The number of nitrogens with one attached hydrogen (secondary N) is 2. The van der Waals surface area contributed by atoms with E-state index in [0.29, 0.717) is 27.9 Å². The molecule has 1 unspecified atom stereocenters. The van der Waals surface area contributed by atoms with Crippen molar-refractivity contribution < 1.29 is 14.3 Å². The molecule has 0 spiro atoms. The molecule has 0 aliphatic rings. The van der Waals surface area contributed by atoms with Crippen LogP contribution in [-0.4, -0.2) is 20.1 Å². The fourth-order valence-corrected chi connectivity index (χ4v) is 3.25. The first-order valence-electron chi connectivity index (χ1n) is 9.12. The second-order valence-electron chi connectivity index (χ2n) is 6.53. The summed E-state index contributed by atoms with van der Waals surface area (Å²) in [4.78, 5) is 13.2. The van der Waals surface area contributed by atoms with E-state index in [1.807, 2.05) is 61.5 Å². The number of rotatable bonds is 7. The second kappa shape index (κ2) is 9.34. The summed E-state index contributed by atoms with van der Waals surface area (Å²) in [7, 11) is 3.14. The van der Waals surface area contributed by atoms with Crippen LogP contribution in [-0.2, 0) is 4.79 Å². The number of carbonyl (C=O) groups excluding carboxylic acids is 1. The summed E-state index contributed by atoms with van der Waals surface area (Å²) in [6, 6.07) is 19.8. The molecule has 3 aromatic rings. The molecule has 150 valence electrons. The number of amides is 1. The van der Waals surface area contributed by atoms with Gasteiger partial charge < -0.3 is 20.1 Å². The van der Waals surface area contributed by atoms with Gasteiger partial charge in [-0.3, -0.25) is 4.79 Å². The van der Waals surface area contributed by atoms with Crippen molar-refractivity contribution >= 4 is 28.9 Å². The number of carbonyl (C=O) groups is 1. The van der Waals surface area contributed by atoms with Crippen molar-refractivity contribution in [1.82, 2.24) is 0 Å². The lowest BCUT2D eigenvalue weighted by molar-refractivity contribution is -0.117. The van der Waals surface area contributed by atoms with Crippen molar-refractivity contribution in [3.8, 4) is 11.5 Å². The zero-order chi connectivity index (χ0) is 20.8. The Labute approximate surface area is 175 Å². The van der Waals surface area contributed by atoms with Gasteiger partial charge in [0.2, 0.25) is 0 Å². The molecule has 2 N–H and O–H groups in total. The lowest BCUT2D eigenvalue weighted by Gasteiger charge is -2.21. The molecule has 0 saturated carbocycles. The Bertz CT molecular complexity index is 993. The molecule has 0 radical (unpaired) electrons. The third kappa shape index (κ3) is 5.00. The number of benzene rings is 3. The van der Waals surface area contributed by atoms with E-state index >= 15 is 0 Å². The number of ether oxygens (including phenoxy) is 2. The summed E-state index contributed by atoms with van der Waals surface area (Å²) in [6.07, 6.45) is 0. The fraction of sp³-hybridized carbons (Fsp3) is 0.174. The van der Waals surface area contributed by atoms with Gasteiger partial charge in [-0.25, -0.2) is 0 Å². The van der Waals surface area contributed by atoms with Gasteiger partial charge >= 0.3 is 0 Å². The third-order valence-corrected chi connectivity index (χ3v) is 4.77. The molecule has 0 bridgehead atoms. The van der Waals surface area contributed by atoms with Gasteiger partial charge in [0.1, 0.15) is 17.5 Å².